The smallest absolute Gasteiger partial charge is 0.148 e. The van der Waals surface area contributed by atoms with E-state index in [1.54, 1.807) is 6.07 Å². The Morgan fingerprint density at radius 1 is 1.41 bits per heavy atom. The highest BCUT2D eigenvalue weighted by atomic mass is 19.1. The Bertz CT molecular complexity index is 380. The minimum atomic E-state index is -0.345. The topological polar surface area (TPSA) is 47.3 Å². The highest BCUT2D eigenvalue weighted by Crippen LogP contribution is 2.29. The quantitative estimate of drug-likeness (QED) is 0.776. The molecule has 0 radical (unpaired) electrons. The second-order valence-electron chi connectivity index (χ2n) is 4.48. The lowest BCUT2D eigenvalue weighted by Crippen LogP contribution is -2.25. The van der Waals surface area contributed by atoms with Crippen LogP contribution in [0.15, 0.2) is 12.1 Å². The maximum absolute atomic E-state index is 13.7. The van der Waals surface area contributed by atoms with Crippen molar-refractivity contribution in [2.75, 3.05) is 18.2 Å². The van der Waals surface area contributed by atoms with Gasteiger partial charge in [-0.3, -0.25) is 0 Å². The molecule has 1 aromatic rings. The second-order valence-corrected chi connectivity index (χ2v) is 4.48. The molecule has 0 fully saturated rings. The van der Waals surface area contributed by atoms with Crippen molar-refractivity contribution in [3.05, 3.63) is 17.9 Å². The first-order valence-electron chi connectivity index (χ1n) is 5.89. The average molecular weight is 240 g/mol. The maximum Gasteiger partial charge on any atom is 0.148 e. The number of hydrogen-bond donors (Lipinski definition) is 2. The minimum Gasteiger partial charge on any atom is -0.495 e. The van der Waals surface area contributed by atoms with Gasteiger partial charge < -0.3 is 15.8 Å². The Labute approximate surface area is 102 Å². The summed E-state index contributed by atoms with van der Waals surface area (Å²) in [5.74, 6) is 0.581. The molecule has 0 aliphatic heterocycles. The van der Waals surface area contributed by atoms with Gasteiger partial charge in [0.1, 0.15) is 11.6 Å². The Morgan fingerprint density at radius 2 is 2.06 bits per heavy atom. The molecule has 1 atom stereocenters. The number of rotatable bonds is 5. The lowest BCUT2D eigenvalue weighted by molar-refractivity contribution is 0.416. The maximum atomic E-state index is 13.7. The van der Waals surface area contributed by atoms with Gasteiger partial charge in [-0.25, -0.2) is 4.39 Å². The van der Waals surface area contributed by atoms with Gasteiger partial charge in [-0.1, -0.05) is 20.8 Å². The summed E-state index contributed by atoms with van der Waals surface area (Å²) in [5.41, 5.74) is 6.39. The molecule has 0 bridgehead atoms. The summed E-state index contributed by atoms with van der Waals surface area (Å²) in [6.45, 7) is 6.28. The van der Waals surface area contributed by atoms with Crippen LogP contribution in [0.25, 0.3) is 0 Å². The first-order valence-corrected chi connectivity index (χ1v) is 5.89. The van der Waals surface area contributed by atoms with Gasteiger partial charge in [0.05, 0.1) is 18.5 Å². The molecular formula is C13H21FN2O. The fourth-order valence-corrected chi connectivity index (χ4v) is 1.80. The number of hydrogen-bond acceptors (Lipinski definition) is 3. The van der Waals surface area contributed by atoms with Crippen LogP contribution in [0.3, 0.4) is 0 Å². The molecule has 0 saturated carbocycles. The first kappa shape index (κ1) is 13.6. The molecule has 17 heavy (non-hydrogen) atoms. The monoisotopic (exact) mass is 240 g/mol. The fraction of sp³-hybridized carbons (Fsp3) is 0.538. The van der Waals surface area contributed by atoms with Crippen LogP contribution in [0.4, 0.5) is 15.8 Å². The lowest BCUT2D eigenvalue weighted by atomic mass is 10.0. The van der Waals surface area contributed by atoms with Gasteiger partial charge in [0.25, 0.3) is 0 Å². The number of halogens is 1. The van der Waals surface area contributed by atoms with Crippen LogP contribution >= 0.6 is 0 Å². The molecule has 0 aromatic heterocycles. The third kappa shape index (κ3) is 3.25. The van der Waals surface area contributed by atoms with Crippen LogP contribution in [0.1, 0.15) is 27.2 Å². The molecule has 0 amide bonds. The summed E-state index contributed by atoms with van der Waals surface area (Å²) in [6.07, 6.45) is 0.934. The normalized spacial score (nSPS) is 12.6. The number of nitrogens with one attached hydrogen (secondary N) is 1. The fourth-order valence-electron chi connectivity index (χ4n) is 1.80. The lowest BCUT2D eigenvalue weighted by Gasteiger charge is -2.22. The average Bonchev–Trinajstić information content (AvgIpc) is 2.27. The number of benzene rings is 1. The first-order chi connectivity index (χ1) is 7.99. The Kier molecular flexibility index (Phi) is 4.61. The van der Waals surface area contributed by atoms with E-state index in [9.17, 15) is 4.39 Å². The highest BCUT2D eigenvalue weighted by molar-refractivity contribution is 5.62. The van der Waals surface area contributed by atoms with E-state index in [0.717, 1.165) is 6.42 Å². The molecule has 0 spiro atoms. The number of methoxy groups -OCH3 is 1. The molecule has 0 saturated heterocycles. The third-order valence-corrected chi connectivity index (χ3v) is 2.90. The molecule has 3 nitrogen and oxygen atoms in total. The largest absolute Gasteiger partial charge is 0.495 e. The minimum absolute atomic E-state index is 0.234. The Balaban J connectivity index is 2.97. The zero-order valence-electron chi connectivity index (χ0n) is 10.9. The van der Waals surface area contributed by atoms with E-state index in [0.29, 0.717) is 23.0 Å². The Morgan fingerprint density at radius 3 is 2.53 bits per heavy atom. The van der Waals surface area contributed by atoms with E-state index >= 15 is 0 Å². The highest BCUT2D eigenvalue weighted by Gasteiger charge is 2.14. The number of ether oxygens (including phenoxy) is 1. The number of nitrogens with two attached hydrogens (primary N) is 1. The van der Waals surface area contributed by atoms with Crippen molar-refractivity contribution in [3.63, 3.8) is 0 Å². The van der Waals surface area contributed by atoms with E-state index in [1.165, 1.54) is 13.2 Å². The van der Waals surface area contributed by atoms with Crippen molar-refractivity contribution in [2.45, 2.75) is 33.2 Å². The number of nitrogen functional groups attached to an aromatic ring is 1. The van der Waals surface area contributed by atoms with Gasteiger partial charge >= 0.3 is 0 Å². The zero-order chi connectivity index (χ0) is 13.0. The van der Waals surface area contributed by atoms with Gasteiger partial charge in [0.15, 0.2) is 0 Å². The van der Waals surface area contributed by atoms with Crippen molar-refractivity contribution < 1.29 is 9.13 Å². The molecule has 0 aliphatic rings. The van der Waals surface area contributed by atoms with Crippen LogP contribution < -0.4 is 15.8 Å². The predicted octanol–water partition coefficient (Wildman–Crippen LogP) is 3.26. The van der Waals surface area contributed by atoms with Crippen molar-refractivity contribution in [1.82, 2.24) is 0 Å². The van der Waals surface area contributed by atoms with Gasteiger partial charge in [-0.2, -0.15) is 0 Å². The van der Waals surface area contributed by atoms with Gasteiger partial charge in [-0.15, -0.1) is 0 Å². The van der Waals surface area contributed by atoms with E-state index in [-0.39, 0.29) is 11.9 Å². The zero-order valence-corrected chi connectivity index (χ0v) is 10.9. The van der Waals surface area contributed by atoms with Gasteiger partial charge in [0.2, 0.25) is 0 Å². The summed E-state index contributed by atoms with van der Waals surface area (Å²) < 4.78 is 18.8. The van der Waals surface area contributed by atoms with Crippen molar-refractivity contribution in [1.29, 1.82) is 0 Å². The summed E-state index contributed by atoms with van der Waals surface area (Å²) in [4.78, 5) is 0. The molecule has 4 heteroatoms. The second kappa shape index (κ2) is 5.75. The molecule has 0 aliphatic carbocycles. The van der Waals surface area contributed by atoms with Crippen molar-refractivity contribution >= 4 is 11.4 Å². The van der Waals surface area contributed by atoms with Gasteiger partial charge in [-0.05, 0) is 12.3 Å². The summed E-state index contributed by atoms with van der Waals surface area (Å²) in [6, 6.07) is 3.13. The van der Waals surface area contributed by atoms with Crippen molar-refractivity contribution in [2.24, 2.45) is 5.92 Å². The SMILES string of the molecule is CCC(Nc1cc(OC)c(N)cc1F)C(C)C. The van der Waals surface area contributed by atoms with Gasteiger partial charge in [0, 0.05) is 18.2 Å². The molecule has 3 N–H and O–H groups in total. The molecule has 0 heterocycles. The molecule has 96 valence electrons. The van der Waals surface area contributed by atoms with Crippen LogP contribution in [0.5, 0.6) is 5.75 Å². The van der Waals surface area contributed by atoms with E-state index in [4.69, 9.17) is 10.5 Å². The molecule has 1 rings (SSSR count). The van der Waals surface area contributed by atoms with Crippen LogP contribution in [-0.4, -0.2) is 13.2 Å². The predicted molar refractivity (Wildman–Crippen MR) is 69.9 cm³/mol. The summed E-state index contributed by atoms with van der Waals surface area (Å²) in [5, 5.41) is 3.19. The van der Waals surface area contributed by atoms with Crippen molar-refractivity contribution in [3.8, 4) is 5.75 Å². The third-order valence-electron chi connectivity index (χ3n) is 2.90. The molecule has 1 aromatic carbocycles. The van der Waals surface area contributed by atoms with E-state index < -0.39 is 0 Å². The van der Waals surface area contributed by atoms with E-state index in [2.05, 4.69) is 26.1 Å². The molecule has 1 unspecified atom stereocenters. The molecular weight excluding hydrogens is 219 g/mol. The number of anilines is 2. The summed E-state index contributed by atoms with van der Waals surface area (Å²) in [7, 11) is 1.52. The van der Waals surface area contributed by atoms with Crippen LogP contribution in [-0.2, 0) is 0 Å². The van der Waals surface area contributed by atoms with E-state index in [1.807, 2.05) is 0 Å². The standard InChI is InChI=1S/C13H21FN2O/c1-5-11(8(2)3)16-12-7-13(17-4)10(15)6-9(12)14/h6-8,11,16H,5,15H2,1-4H3. The Hall–Kier alpha value is -1.45. The van der Waals surface area contributed by atoms with Crippen LogP contribution in [0.2, 0.25) is 0 Å². The van der Waals surface area contributed by atoms with Crippen LogP contribution in [0, 0.1) is 11.7 Å². The summed E-state index contributed by atoms with van der Waals surface area (Å²) >= 11 is 0.